The van der Waals surface area contributed by atoms with E-state index in [1.54, 1.807) is 0 Å². The zero-order valence-electron chi connectivity index (χ0n) is 17.5. The monoisotopic (exact) mass is 504 g/mol. The topological polar surface area (TPSA) is 69.5 Å². The number of carbonyl (C=O) groups excluding carboxylic acids is 1. The summed E-state index contributed by atoms with van der Waals surface area (Å²) in [4.78, 5) is 14.2. The molecule has 1 aliphatic heterocycles. The number of halogens is 1. The van der Waals surface area contributed by atoms with Gasteiger partial charge in [-0.2, -0.15) is 0 Å². The Morgan fingerprint density at radius 3 is 2.36 bits per heavy atom. The third-order valence-corrected chi connectivity index (χ3v) is 7.12. The maximum Gasteiger partial charge on any atom is 0.410 e. The van der Waals surface area contributed by atoms with Crippen LogP contribution in [0.3, 0.4) is 0 Å². The van der Waals surface area contributed by atoms with E-state index in [9.17, 15) is 4.79 Å². The van der Waals surface area contributed by atoms with Crippen molar-refractivity contribution in [3.05, 3.63) is 3.83 Å². The normalized spacial score (nSPS) is 20.4. The second-order valence-electron chi connectivity index (χ2n) is 9.36. The van der Waals surface area contributed by atoms with Crippen LogP contribution in [0, 0.1) is 15.2 Å². The van der Waals surface area contributed by atoms with Crippen molar-refractivity contribution in [2.45, 2.75) is 71.3 Å². The molecular formula is C20H33IN4O3. The number of ether oxygens (including phenoxy) is 2. The molecule has 1 spiro atoms. The minimum Gasteiger partial charge on any atom is -0.464 e. The molecule has 8 heteroatoms. The van der Waals surface area contributed by atoms with Crippen LogP contribution in [0.2, 0.25) is 0 Å². The molecule has 2 heterocycles. The Hall–Kier alpha value is -1.06. The first-order valence-electron chi connectivity index (χ1n) is 10.3. The highest BCUT2D eigenvalue weighted by atomic mass is 127. The molecule has 158 valence electrons. The van der Waals surface area contributed by atoms with Gasteiger partial charge in [0.2, 0.25) is 0 Å². The van der Waals surface area contributed by atoms with Crippen molar-refractivity contribution >= 4 is 28.7 Å². The Balaban J connectivity index is 1.38. The summed E-state index contributed by atoms with van der Waals surface area (Å²) < 4.78 is 14.0. The summed E-state index contributed by atoms with van der Waals surface area (Å²) in [6.45, 7) is 8.12. The smallest absolute Gasteiger partial charge is 0.410 e. The molecule has 1 aromatic rings. The van der Waals surface area contributed by atoms with Gasteiger partial charge in [-0.25, -0.2) is 4.79 Å². The zero-order valence-corrected chi connectivity index (χ0v) is 19.7. The van der Waals surface area contributed by atoms with E-state index in [2.05, 4.69) is 32.8 Å². The number of amides is 1. The van der Waals surface area contributed by atoms with Gasteiger partial charge in [0.05, 0.1) is 6.61 Å². The molecule has 28 heavy (non-hydrogen) atoms. The fraction of sp³-hybridized carbons (Fsp3) is 0.850. The second-order valence-corrected chi connectivity index (χ2v) is 10.3. The maximum atomic E-state index is 12.3. The molecular weight excluding hydrogens is 471 g/mol. The van der Waals surface area contributed by atoms with Gasteiger partial charge in [0.1, 0.15) is 5.60 Å². The van der Waals surface area contributed by atoms with Crippen LogP contribution in [0.4, 0.5) is 4.79 Å². The van der Waals surface area contributed by atoms with Gasteiger partial charge < -0.3 is 14.4 Å². The van der Waals surface area contributed by atoms with E-state index >= 15 is 0 Å². The number of hydrogen-bond donors (Lipinski definition) is 0. The van der Waals surface area contributed by atoms with Crippen molar-refractivity contribution in [3.63, 3.8) is 0 Å². The zero-order chi connectivity index (χ0) is 20.4. The van der Waals surface area contributed by atoms with Crippen molar-refractivity contribution in [2.24, 2.45) is 18.4 Å². The third-order valence-electron chi connectivity index (χ3n) is 6.18. The first-order chi connectivity index (χ1) is 13.2. The molecule has 0 unspecified atom stereocenters. The largest absolute Gasteiger partial charge is 0.464 e. The van der Waals surface area contributed by atoms with E-state index in [1.807, 2.05) is 37.3 Å². The number of aromatic nitrogens is 3. The lowest BCUT2D eigenvalue weighted by atomic mass is 9.65. The number of piperidine rings is 1. The molecule has 0 bridgehead atoms. The van der Waals surface area contributed by atoms with Gasteiger partial charge in [-0.1, -0.05) is 5.10 Å². The molecule has 1 saturated heterocycles. The lowest BCUT2D eigenvalue weighted by molar-refractivity contribution is 0.000661. The quantitative estimate of drug-likeness (QED) is 0.569. The van der Waals surface area contributed by atoms with Gasteiger partial charge in [0.15, 0.2) is 3.83 Å². The Labute approximate surface area is 181 Å². The van der Waals surface area contributed by atoms with Crippen LogP contribution in [-0.4, -0.2) is 51.1 Å². The predicted octanol–water partition coefficient (Wildman–Crippen LogP) is 4.40. The summed E-state index contributed by atoms with van der Waals surface area (Å²) in [6, 6.07) is 0.603. The first-order valence-corrected chi connectivity index (χ1v) is 11.4. The molecule has 7 nitrogen and oxygen atoms in total. The summed E-state index contributed by atoms with van der Waals surface area (Å²) in [5.41, 5.74) is 0.00516. The molecule has 1 aliphatic carbocycles. The molecule has 3 rings (SSSR count). The van der Waals surface area contributed by atoms with Crippen molar-refractivity contribution < 1.29 is 14.3 Å². The number of carbonyl (C=O) groups is 1. The highest BCUT2D eigenvalue weighted by Crippen LogP contribution is 2.47. The van der Waals surface area contributed by atoms with Gasteiger partial charge in [0.25, 0.3) is 0 Å². The number of nitrogens with zero attached hydrogens (tertiary/aromatic N) is 4. The minimum atomic E-state index is -0.421. The van der Waals surface area contributed by atoms with Gasteiger partial charge >= 0.3 is 12.1 Å². The van der Waals surface area contributed by atoms with Crippen LogP contribution in [0.1, 0.15) is 65.7 Å². The van der Waals surface area contributed by atoms with E-state index in [1.165, 1.54) is 25.7 Å². The van der Waals surface area contributed by atoms with Crippen molar-refractivity contribution in [1.29, 1.82) is 0 Å². The van der Waals surface area contributed by atoms with Crippen LogP contribution < -0.4 is 4.74 Å². The lowest BCUT2D eigenvalue weighted by Gasteiger charge is -2.46. The average molecular weight is 504 g/mol. The Morgan fingerprint density at radius 2 is 1.82 bits per heavy atom. The number of hydrogen-bond acceptors (Lipinski definition) is 5. The Bertz CT molecular complexity index is 667. The summed E-state index contributed by atoms with van der Waals surface area (Å²) in [7, 11) is 1.92. The predicted molar refractivity (Wildman–Crippen MR) is 115 cm³/mol. The molecule has 1 saturated carbocycles. The number of likely N-dealkylation sites (tertiary alicyclic amines) is 1. The highest BCUT2D eigenvalue weighted by Gasteiger charge is 2.39. The van der Waals surface area contributed by atoms with Gasteiger partial charge in [-0.15, -0.1) is 5.10 Å². The average Bonchev–Trinajstić information content (AvgIpc) is 2.95. The molecule has 0 N–H and O–H groups in total. The van der Waals surface area contributed by atoms with E-state index in [0.29, 0.717) is 18.0 Å². The molecule has 1 amide bonds. The molecule has 0 radical (unpaired) electrons. The minimum absolute atomic E-state index is 0.161. The maximum absolute atomic E-state index is 12.3. The molecule has 1 aromatic heterocycles. The van der Waals surface area contributed by atoms with E-state index < -0.39 is 5.60 Å². The van der Waals surface area contributed by atoms with Crippen molar-refractivity contribution in [1.82, 2.24) is 19.7 Å². The fourth-order valence-corrected chi connectivity index (χ4v) is 4.62. The number of rotatable bonds is 4. The van der Waals surface area contributed by atoms with Crippen LogP contribution in [0.25, 0.3) is 0 Å². The third kappa shape index (κ3) is 5.51. The lowest BCUT2D eigenvalue weighted by Crippen LogP contribution is -2.46. The van der Waals surface area contributed by atoms with E-state index in [-0.39, 0.29) is 6.09 Å². The fourth-order valence-electron chi connectivity index (χ4n) is 4.31. The van der Waals surface area contributed by atoms with Gasteiger partial charge in [-0.3, -0.25) is 4.57 Å². The molecule has 0 aromatic carbocycles. The highest BCUT2D eigenvalue weighted by molar-refractivity contribution is 14.1. The SMILES string of the molecule is Cn1c(I)nnc1OCCC1CCC2(CC1)CCN(C(=O)OC(C)(C)C)CC2. The Morgan fingerprint density at radius 1 is 1.18 bits per heavy atom. The summed E-state index contributed by atoms with van der Waals surface area (Å²) in [5.74, 6) is 0.724. The van der Waals surface area contributed by atoms with Crippen LogP contribution in [0.15, 0.2) is 0 Å². The molecule has 2 fully saturated rings. The summed E-state index contributed by atoms with van der Waals surface area (Å²) in [5, 5.41) is 8.06. The van der Waals surface area contributed by atoms with E-state index in [4.69, 9.17) is 9.47 Å². The first kappa shape index (κ1) is 21.6. The van der Waals surface area contributed by atoms with Gasteiger partial charge in [-0.05, 0) is 77.0 Å². The van der Waals surface area contributed by atoms with Crippen LogP contribution in [0.5, 0.6) is 6.01 Å². The van der Waals surface area contributed by atoms with Gasteiger partial charge in [0, 0.05) is 42.7 Å². The molecule has 0 atom stereocenters. The van der Waals surface area contributed by atoms with Crippen molar-refractivity contribution in [2.75, 3.05) is 19.7 Å². The van der Waals surface area contributed by atoms with E-state index in [0.717, 1.165) is 42.1 Å². The summed E-state index contributed by atoms with van der Waals surface area (Å²) >= 11 is 2.15. The molecule has 2 aliphatic rings. The Kier molecular flexibility index (Phi) is 6.76. The van der Waals surface area contributed by atoms with Crippen LogP contribution >= 0.6 is 22.6 Å². The van der Waals surface area contributed by atoms with Crippen molar-refractivity contribution in [3.8, 4) is 6.01 Å². The standard InChI is InChI=1S/C20H33IN4O3/c1-19(2,3)28-18(26)25-12-10-20(11-13-25)8-5-15(6-9-20)7-14-27-17-23-22-16(21)24(17)4/h15H,5-14H2,1-4H3. The van der Waals surface area contributed by atoms with Crippen LogP contribution in [-0.2, 0) is 11.8 Å². The second kappa shape index (κ2) is 8.75. The summed E-state index contributed by atoms with van der Waals surface area (Å²) in [6.07, 6.45) is 8.16.